The Hall–Kier alpha value is 0.100. The van der Waals surface area contributed by atoms with Crippen molar-refractivity contribution in [3.63, 3.8) is 0 Å². The number of carboxylic acid groups (broad SMARTS) is 2. The fraction of sp³-hybridized carbons (Fsp3) is 0.500. The standard InChI is InChI=1S/C10H11NO7S.2Na/c1-10(2)6(9(15)16)11-7(14)4(3-5(12)13)8(11)19(10,17)18;;/h3,6,8H,1-2H3,(H,12,13)(H,15,16);;/q;2*+1/p-2/b4-3+;;/t6-,8+;;/m0../s1. The van der Waals surface area contributed by atoms with E-state index >= 15 is 0 Å². The van der Waals surface area contributed by atoms with Gasteiger partial charge in [-0.3, -0.25) is 4.79 Å². The van der Waals surface area contributed by atoms with Gasteiger partial charge in [0.15, 0.2) is 15.2 Å². The average Bonchev–Trinajstić information content (AvgIpc) is 2.38. The van der Waals surface area contributed by atoms with E-state index in [4.69, 9.17) is 0 Å². The number of carbonyl (C=O) groups excluding carboxylic acids is 3. The summed E-state index contributed by atoms with van der Waals surface area (Å²) in [6, 6.07) is -1.64. The zero-order chi connectivity index (χ0) is 14.7. The van der Waals surface area contributed by atoms with Crippen molar-refractivity contribution in [2.24, 2.45) is 0 Å². The first-order valence-electron chi connectivity index (χ1n) is 5.23. The minimum Gasteiger partial charge on any atom is -0.548 e. The minimum atomic E-state index is -4.06. The van der Waals surface area contributed by atoms with Gasteiger partial charge in [-0.25, -0.2) is 8.42 Å². The molecule has 2 aliphatic rings. The van der Waals surface area contributed by atoms with E-state index in [1.54, 1.807) is 0 Å². The zero-order valence-corrected chi connectivity index (χ0v) is 16.8. The second-order valence-electron chi connectivity index (χ2n) is 4.85. The van der Waals surface area contributed by atoms with Gasteiger partial charge in [-0.05, 0) is 19.9 Å². The fourth-order valence-electron chi connectivity index (χ4n) is 2.45. The molecule has 2 rings (SSSR count). The van der Waals surface area contributed by atoms with Crippen LogP contribution in [0.25, 0.3) is 0 Å². The third-order valence-electron chi connectivity index (χ3n) is 3.46. The van der Waals surface area contributed by atoms with Crippen LogP contribution < -0.4 is 69.3 Å². The number of hydrogen-bond donors (Lipinski definition) is 0. The summed E-state index contributed by atoms with van der Waals surface area (Å²) in [6.45, 7) is 2.32. The van der Waals surface area contributed by atoms with Crippen LogP contribution in [0.15, 0.2) is 11.6 Å². The molecule has 104 valence electrons. The van der Waals surface area contributed by atoms with Crippen molar-refractivity contribution in [1.29, 1.82) is 0 Å². The van der Waals surface area contributed by atoms with Gasteiger partial charge in [0.1, 0.15) is 0 Å². The Balaban J connectivity index is 0.00000200. The van der Waals surface area contributed by atoms with Gasteiger partial charge in [0.25, 0.3) is 5.91 Å². The molecule has 0 aromatic rings. The van der Waals surface area contributed by atoms with E-state index in [-0.39, 0.29) is 59.1 Å². The molecule has 0 radical (unpaired) electrons. The van der Waals surface area contributed by atoms with Crippen LogP contribution in [-0.2, 0) is 24.2 Å². The number of nitrogens with zero attached hydrogens (tertiary/aromatic N) is 1. The third-order valence-corrected chi connectivity index (χ3v) is 6.22. The molecule has 2 aliphatic heterocycles. The SMILES string of the molecule is CC1(C)[C@H](C(=O)[O-])N2C(=O)/C(=C\C(=O)[O-])[C@H]2S1(=O)=O.[Na+].[Na+]. The maximum atomic E-state index is 12.2. The second-order valence-corrected chi connectivity index (χ2v) is 7.44. The molecular formula is C10H9NNa2O7S. The van der Waals surface area contributed by atoms with E-state index in [1.165, 1.54) is 0 Å². The Kier molecular flexibility index (Phi) is 6.34. The number of carboxylic acids is 2. The molecule has 0 aromatic carbocycles. The molecule has 0 aromatic heterocycles. The summed E-state index contributed by atoms with van der Waals surface area (Å²) < 4.78 is 22.6. The molecule has 21 heavy (non-hydrogen) atoms. The molecule has 0 N–H and O–H groups in total. The van der Waals surface area contributed by atoms with Crippen molar-refractivity contribution in [1.82, 2.24) is 4.90 Å². The van der Waals surface area contributed by atoms with Crippen LogP contribution in [0.5, 0.6) is 0 Å². The summed E-state index contributed by atoms with van der Waals surface area (Å²) in [5, 5.41) is 19.9. The number of aliphatic carboxylic acids is 2. The maximum Gasteiger partial charge on any atom is 1.00 e. The van der Waals surface area contributed by atoms with Gasteiger partial charge in [0, 0.05) is 0 Å². The second kappa shape index (κ2) is 6.31. The van der Waals surface area contributed by atoms with Crippen molar-refractivity contribution < 1.29 is 92.1 Å². The molecule has 0 spiro atoms. The Morgan fingerprint density at radius 3 is 2.10 bits per heavy atom. The molecule has 0 aliphatic carbocycles. The molecule has 2 fully saturated rings. The van der Waals surface area contributed by atoms with E-state index in [0.29, 0.717) is 11.0 Å². The predicted octanol–water partition coefficient (Wildman–Crippen LogP) is -9.84. The van der Waals surface area contributed by atoms with Crippen LogP contribution in [0.4, 0.5) is 0 Å². The molecule has 2 heterocycles. The Morgan fingerprint density at radius 2 is 1.71 bits per heavy atom. The van der Waals surface area contributed by atoms with Crippen molar-refractivity contribution in [3.05, 3.63) is 11.6 Å². The van der Waals surface area contributed by atoms with Gasteiger partial charge in [0.05, 0.1) is 28.3 Å². The van der Waals surface area contributed by atoms with Gasteiger partial charge >= 0.3 is 59.1 Å². The zero-order valence-electron chi connectivity index (χ0n) is 11.9. The number of sulfone groups is 1. The number of rotatable bonds is 2. The maximum absolute atomic E-state index is 12.2. The van der Waals surface area contributed by atoms with Gasteiger partial charge in [-0.1, -0.05) is 0 Å². The first-order chi connectivity index (χ1) is 8.53. The van der Waals surface area contributed by atoms with E-state index in [1.807, 2.05) is 0 Å². The largest absolute Gasteiger partial charge is 1.00 e. The van der Waals surface area contributed by atoms with Gasteiger partial charge in [-0.2, -0.15) is 0 Å². The van der Waals surface area contributed by atoms with E-state index in [2.05, 4.69) is 0 Å². The molecule has 0 bridgehead atoms. The van der Waals surface area contributed by atoms with Crippen molar-refractivity contribution in [2.45, 2.75) is 30.0 Å². The summed E-state index contributed by atoms with van der Waals surface area (Å²) in [5.74, 6) is -4.36. The van der Waals surface area contributed by atoms with E-state index in [9.17, 15) is 33.0 Å². The number of fused-ring (bicyclic) bond motifs is 1. The number of carbonyl (C=O) groups is 3. The van der Waals surface area contributed by atoms with Crippen LogP contribution in [-0.4, -0.2) is 47.3 Å². The molecule has 8 nitrogen and oxygen atoms in total. The first-order valence-corrected chi connectivity index (χ1v) is 6.77. The van der Waals surface area contributed by atoms with Crippen molar-refractivity contribution >= 4 is 27.7 Å². The summed E-state index contributed by atoms with van der Waals surface area (Å²) in [4.78, 5) is 33.8. The van der Waals surface area contributed by atoms with E-state index in [0.717, 1.165) is 13.8 Å². The average molecular weight is 333 g/mol. The smallest absolute Gasteiger partial charge is 0.548 e. The Labute approximate surface area is 165 Å². The molecule has 0 unspecified atom stereocenters. The number of hydrogen-bond acceptors (Lipinski definition) is 7. The van der Waals surface area contributed by atoms with Crippen LogP contribution in [0.3, 0.4) is 0 Å². The summed E-state index contributed by atoms with van der Waals surface area (Å²) in [7, 11) is -4.06. The molecule has 2 atom stereocenters. The summed E-state index contributed by atoms with van der Waals surface area (Å²) >= 11 is 0. The molecular weight excluding hydrogens is 324 g/mol. The summed E-state index contributed by atoms with van der Waals surface area (Å²) in [5.41, 5.74) is -0.489. The quantitative estimate of drug-likeness (QED) is 0.278. The van der Waals surface area contributed by atoms with Crippen LogP contribution in [0.2, 0.25) is 0 Å². The topological polar surface area (TPSA) is 135 Å². The minimum absolute atomic E-state index is 0. The summed E-state index contributed by atoms with van der Waals surface area (Å²) in [6.07, 6.45) is 0.384. The number of β-lactam (4-membered cyclic amide) rings is 1. The van der Waals surface area contributed by atoms with Crippen LogP contribution in [0, 0.1) is 0 Å². The third kappa shape index (κ3) is 2.73. The molecule has 11 heteroatoms. The Morgan fingerprint density at radius 1 is 1.24 bits per heavy atom. The van der Waals surface area contributed by atoms with Gasteiger partial charge in [0.2, 0.25) is 0 Å². The van der Waals surface area contributed by atoms with Crippen molar-refractivity contribution in [3.8, 4) is 0 Å². The van der Waals surface area contributed by atoms with Gasteiger partial charge < -0.3 is 24.7 Å². The molecule has 1 amide bonds. The first kappa shape index (κ1) is 21.1. The number of amides is 1. The van der Waals surface area contributed by atoms with E-state index < -0.39 is 49.4 Å². The molecule has 2 saturated heterocycles. The normalized spacial score (nSPS) is 29.7. The predicted molar refractivity (Wildman–Crippen MR) is 55.5 cm³/mol. The van der Waals surface area contributed by atoms with Crippen molar-refractivity contribution in [2.75, 3.05) is 0 Å². The fourth-order valence-corrected chi connectivity index (χ4v) is 4.57. The van der Waals surface area contributed by atoms with Crippen LogP contribution >= 0.6 is 0 Å². The Bertz CT molecular complexity index is 640. The van der Waals surface area contributed by atoms with Gasteiger partial charge in [-0.15, -0.1) is 0 Å². The van der Waals surface area contributed by atoms with Crippen LogP contribution in [0.1, 0.15) is 13.8 Å². The monoisotopic (exact) mass is 333 g/mol. The molecule has 0 saturated carbocycles.